The maximum absolute atomic E-state index is 13.6. The Hall–Kier alpha value is -0.420. The van der Waals surface area contributed by atoms with Crippen molar-refractivity contribution in [3.8, 4) is 0 Å². The first kappa shape index (κ1) is 12.0. The SMILES string of the molecule is O=C1C(Br)CCCN1c1cc(Br)ccc1F. The lowest BCUT2D eigenvalue weighted by Gasteiger charge is -2.30. The van der Waals surface area contributed by atoms with Crippen molar-refractivity contribution in [3.05, 3.63) is 28.5 Å². The summed E-state index contributed by atoms with van der Waals surface area (Å²) < 4.78 is 14.4. The molecule has 1 amide bonds. The molecule has 0 spiro atoms. The molecule has 1 aliphatic heterocycles. The molecule has 1 saturated heterocycles. The maximum Gasteiger partial charge on any atom is 0.240 e. The van der Waals surface area contributed by atoms with Crippen molar-refractivity contribution in [3.63, 3.8) is 0 Å². The van der Waals surface area contributed by atoms with E-state index in [1.54, 1.807) is 12.1 Å². The molecule has 2 nitrogen and oxygen atoms in total. The van der Waals surface area contributed by atoms with Gasteiger partial charge in [0.25, 0.3) is 0 Å². The Morgan fingerprint density at radius 3 is 2.94 bits per heavy atom. The summed E-state index contributed by atoms with van der Waals surface area (Å²) in [5, 5.41) is 0. The number of halogens is 3. The number of benzene rings is 1. The third-order valence-corrected chi connectivity index (χ3v) is 3.92. The Bertz CT molecular complexity index is 424. The monoisotopic (exact) mass is 349 g/mol. The molecule has 1 unspecified atom stereocenters. The third kappa shape index (κ3) is 2.30. The zero-order valence-electron chi connectivity index (χ0n) is 8.42. The van der Waals surface area contributed by atoms with E-state index in [1.165, 1.54) is 11.0 Å². The second-order valence-corrected chi connectivity index (χ2v) is 5.72. The van der Waals surface area contributed by atoms with Gasteiger partial charge in [-0.05, 0) is 31.0 Å². The predicted octanol–water partition coefficient (Wildman–Crippen LogP) is 3.48. The summed E-state index contributed by atoms with van der Waals surface area (Å²) in [4.78, 5) is 13.2. The minimum Gasteiger partial charge on any atom is -0.309 e. The van der Waals surface area contributed by atoms with Crippen molar-refractivity contribution in [1.29, 1.82) is 0 Å². The van der Waals surface area contributed by atoms with Crippen molar-refractivity contribution >= 4 is 43.5 Å². The summed E-state index contributed by atoms with van der Waals surface area (Å²) in [6.07, 6.45) is 1.69. The van der Waals surface area contributed by atoms with Gasteiger partial charge >= 0.3 is 0 Å². The zero-order chi connectivity index (χ0) is 11.7. The van der Waals surface area contributed by atoms with E-state index in [-0.39, 0.29) is 16.6 Å². The van der Waals surface area contributed by atoms with Gasteiger partial charge in [-0.25, -0.2) is 4.39 Å². The van der Waals surface area contributed by atoms with Crippen molar-refractivity contribution in [2.24, 2.45) is 0 Å². The summed E-state index contributed by atoms with van der Waals surface area (Å²) in [5.74, 6) is -0.429. The van der Waals surface area contributed by atoms with Crippen LogP contribution in [0.3, 0.4) is 0 Å². The highest BCUT2D eigenvalue weighted by Gasteiger charge is 2.29. The first-order valence-corrected chi connectivity index (χ1v) is 6.71. The number of hydrogen-bond donors (Lipinski definition) is 0. The number of rotatable bonds is 1. The molecular formula is C11H10Br2FNO. The van der Waals surface area contributed by atoms with Crippen molar-refractivity contribution in [1.82, 2.24) is 0 Å². The van der Waals surface area contributed by atoms with Crippen LogP contribution in [0.15, 0.2) is 22.7 Å². The van der Waals surface area contributed by atoms with Crippen molar-refractivity contribution < 1.29 is 9.18 Å². The highest BCUT2D eigenvalue weighted by Crippen LogP contribution is 2.29. The lowest BCUT2D eigenvalue weighted by molar-refractivity contribution is -0.118. The van der Waals surface area contributed by atoms with E-state index in [2.05, 4.69) is 31.9 Å². The summed E-state index contributed by atoms with van der Waals surface area (Å²) in [5.41, 5.74) is 0.350. The van der Waals surface area contributed by atoms with Gasteiger partial charge in [-0.2, -0.15) is 0 Å². The Morgan fingerprint density at radius 1 is 1.44 bits per heavy atom. The fourth-order valence-corrected chi connectivity index (χ4v) is 2.68. The van der Waals surface area contributed by atoms with Gasteiger partial charge in [0.05, 0.1) is 10.5 Å². The number of hydrogen-bond acceptors (Lipinski definition) is 1. The molecular weight excluding hydrogens is 341 g/mol. The van der Waals surface area contributed by atoms with Gasteiger partial charge in [0.2, 0.25) is 5.91 Å². The van der Waals surface area contributed by atoms with E-state index in [1.807, 2.05) is 0 Å². The standard InChI is InChI=1S/C11H10Br2FNO/c12-7-3-4-9(14)10(6-7)15-5-1-2-8(13)11(15)16/h3-4,6,8H,1-2,5H2. The Labute approximate surface area is 110 Å². The molecule has 5 heteroatoms. The van der Waals surface area contributed by atoms with Gasteiger partial charge in [-0.15, -0.1) is 0 Å². The minimum absolute atomic E-state index is 0.0664. The van der Waals surface area contributed by atoms with Crippen LogP contribution < -0.4 is 4.90 Å². The number of nitrogens with zero attached hydrogens (tertiary/aromatic N) is 1. The number of anilines is 1. The highest BCUT2D eigenvalue weighted by molar-refractivity contribution is 9.10. The second kappa shape index (κ2) is 4.84. The van der Waals surface area contributed by atoms with Crippen LogP contribution >= 0.6 is 31.9 Å². The fraction of sp³-hybridized carbons (Fsp3) is 0.364. The van der Waals surface area contributed by atoms with Crippen LogP contribution in [0.2, 0.25) is 0 Å². The average molecular weight is 351 g/mol. The Balaban J connectivity index is 2.35. The van der Waals surface area contributed by atoms with Gasteiger partial charge in [0, 0.05) is 11.0 Å². The molecule has 1 aliphatic rings. The number of carbonyl (C=O) groups excluding carboxylic acids is 1. The van der Waals surface area contributed by atoms with Crippen LogP contribution in [0.25, 0.3) is 0 Å². The number of carbonyl (C=O) groups is 1. The van der Waals surface area contributed by atoms with E-state index < -0.39 is 0 Å². The second-order valence-electron chi connectivity index (χ2n) is 3.70. The maximum atomic E-state index is 13.6. The largest absolute Gasteiger partial charge is 0.309 e. The quantitative estimate of drug-likeness (QED) is 0.710. The molecule has 16 heavy (non-hydrogen) atoms. The van der Waals surface area contributed by atoms with Crippen LogP contribution in [-0.2, 0) is 4.79 Å². The zero-order valence-corrected chi connectivity index (χ0v) is 11.6. The van der Waals surface area contributed by atoms with E-state index in [0.29, 0.717) is 12.2 Å². The van der Waals surface area contributed by atoms with Crippen molar-refractivity contribution in [2.45, 2.75) is 17.7 Å². The first-order chi connectivity index (χ1) is 7.59. The summed E-state index contributed by atoms with van der Waals surface area (Å²) in [6.45, 7) is 0.578. The predicted molar refractivity (Wildman–Crippen MR) is 68.4 cm³/mol. The van der Waals surface area contributed by atoms with Crippen LogP contribution in [0, 0.1) is 5.82 Å². The van der Waals surface area contributed by atoms with Gasteiger partial charge in [-0.1, -0.05) is 31.9 Å². The van der Waals surface area contributed by atoms with Crippen LogP contribution in [-0.4, -0.2) is 17.3 Å². The molecule has 86 valence electrons. The molecule has 1 heterocycles. The fourth-order valence-electron chi connectivity index (χ4n) is 1.76. The van der Waals surface area contributed by atoms with Crippen molar-refractivity contribution in [2.75, 3.05) is 11.4 Å². The topological polar surface area (TPSA) is 20.3 Å². The first-order valence-electron chi connectivity index (χ1n) is 5.00. The summed E-state index contributed by atoms with van der Waals surface area (Å²) >= 11 is 6.59. The summed E-state index contributed by atoms with van der Waals surface area (Å²) in [7, 11) is 0. The minimum atomic E-state index is -0.363. The van der Waals surface area contributed by atoms with Gasteiger partial charge < -0.3 is 4.90 Å². The lowest BCUT2D eigenvalue weighted by Crippen LogP contribution is -2.42. The molecule has 0 N–H and O–H groups in total. The Kier molecular flexibility index (Phi) is 3.64. The normalized spacial score (nSPS) is 21.3. The number of alkyl halides is 1. The Morgan fingerprint density at radius 2 is 2.19 bits per heavy atom. The number of amides is 1. The van der Waals surface area contributed by atoms with Crippen LogP contribution in [0.1, 0.15) is 12.8 Å². The van der Waals surface area contributed by atoms with Gasteiger partial charge in [0.15, 0.2) is 0 Å². The molecule has 1 aromatic carbocycles. The molecule has 2 rings (SSSR count). The van der Waals surface area contributed by atoms with E-state index in [4.69, 9.17) is 0 Å². The van der Waals surface area contributed by atoms with Gasteiger partial charge in [-0.3, -0.25) is 4.79 Å². The average Bonchev–Trinajstić information content (AvgIpc) is 2.26. The molecule has 0 saturated carbocycles. The molecule has 1 atom stereocenters. The third-order valence-electron chi connectivity index (χ3n) is 2.57. The van der Waals surface area contributed by atoms with E-state index in [0.717, 1.165) is 17.3 Å². The molecule has 0 aliphatic carbocycles. The van der Waals surface area contributed by atoms with E-state index >= 15 is 0 Å². The van der Waals surface area contributed by atoms with Crippen LogP contribution in [0.4, 0.5) is 10.1 Å². The van der Waals surface area contributed by atoms with Gasteiger partial charge in [0.1, 0.15) is 5.82 Å². The highest BCUT2D eigenvalue weighted by atomic mass is 79.9. The smallest absolute Gasteiger partial charge is 0.240 e. The molecule has 1 fully saturated rings. The molecule has 0 radical (unpaired) electrons. The lowest BCUT2D eigenvalue weighted by atomic mass is 10.1. The molecule has 1 aromatic rings. The van der Waals surface area contributed by atoms with Crippen LogP contribution in [0.5, 0.6) is 0 Å². The number of piperidine rings is 1. The molecule has 0 bridgehead atoms. The molecule has 0 aromatic heterocycles. The van der Waals surface area contributed by atoms with E-state index in [9.17, 15) is 9.18 Å². The summed E-state index contributed by atoms with van der Waals surface area (Å²) in [6, 6.07) is 4.63.